The number of phenolic OH excluding ortho intramolecular Hbond substituents is 1. The van der Waals surface area contributed by atoms with Gasteiger partial charge in [0, 0.05) is 24.6 Å². The Morgan fingerprint density at radius 2 is 2.11 bits per heavy atom. The SMILES string of the molecule is O=C(CCNC(=O)c1ccc(O)c(Cl)c1)NC1CC1. The van der Waals surface area contributed by atoms with E-state index in [0.29, 0.717) is 11.6 Å². The van der Waals surface area contributed by atoms with Gasteiger partial charge in [-0.05, 0) is 31.0 Å². The lowest BCUT2D eigenvalue weighted by Crippen LogP contribution is -2.31. The van der Waals surface area contributed by atoms with Crippen LogP contribution >= 0.6 is 11.6 Å². The first kappa shape index (κ1) is 13.7. The first-order valence-corrected chi connectivity index (χ1v) is 6.50. The molecule has 1 aromatic carbocycles. The monoisotopic (exact) mass is 282 g/mol. The van der Waals surface area contributed by atoms with Gasteiger partial charge in [0.25, 0.3) is 5.91 Å². The third kappa shape index (κ3) is 4.13. The average Bonchev–Trinajstić information content (AvgIpc) is 3.16. The quantitative estimate of drug-likeness (QED) is 0.765. The van der Waals surface area contributed by atoms with Crippen LogP contribution in [0.25, 0.3) is 0 Å². The third-order valence-corrected chi connectivity index (χ3v) is 3.09. The Labute approximate surface area is 116 Å². The summed E-state index contributed by atoms with van der Waals surface area (Å²) in [5.41, 5.74) is 0.352. The Morgan fingerprint density at radius 3 is 2.74 bits per heavy atom. The number of hydrogen-bond donors (Lipinski definition) is 3. The smallest absolute Gasteiger partial charge is 0.251 e. The van der Waals surface area contributed by atoms with Gasteiger partial charge in [0.2, 0.25) is 5.91 Å². The van der Waals surface area contributed by atoms with E-state index in [9.17, 15) is 14.7 Å². The van der Waals surface area contributed by atoms with Crippen molar-refractivity contribution in [2.24, 2.45) is 0 Å². The van der Waals surface area contributed by atoms with Crippen LogP contribution in [0, 0.1) is 0 Å². The van der Waals surface area contributed by atoms with Gasteiger partial charge < -0.3 is 15.7 Å². The van der Waals surface area contributed by atoms with E-state index < -0.39 is 0 Å². The molecule has 2 amide bonds. The van der Waals surface area contributed by atoms with Crippen molar-refractivity contribution in [1.82, 2.24) is 10.6 Å². The summed E-state index contributed by atoms with van der Waals surface area (Å²) < 4.78 is 0. The second-order valence-corrected chi connectivity index (χ2v) is 4.92. The topological polar surface area (TPSA) is 78.4 Å². The molecule has 0 heterocycles. The van der Waals surface area contributed by atoms with E-state index >= 15 is 0 Å². The van der Waals surface area contributed by atoms with Crippen LogP contribution in [0.1, 0.15) is 29.6 Å². The van der Waals surface area contributed by atoms with Crippen molar-refractivity contribution in [3.63, 3.8) is 0 Å². The number of phenols is 1. The summed E-state index contributed by atoms with van der Waals surface area (Å²) in [5.74, 6) is -0.435. The first-order chi connectivity index (χ1) is 9.06. The summed E-state index contributed by atoms with van der Waals surface area (Å²) in [6.07, 6.45) is 2.35. The molecule has 0 radical (unpaired) electrons. The van der Waals surface area contributed by atoms with E-state index in [1.807, 2.05) is 0 Å². The van der Waals surface area contributed by atoms with Crippen molar-refractivity contribution in [2.45, 2.75) is 25.3 Å². The molecule has 5 nitrogen and oxygen atoms in total. The van der Waals surface area contributed by atoms with Gasteiger partial charge in [-0.15, -0.1) is 0 Å². The number of halogens is 1. The molecule has 1 aromatic rings. The van der Waals surface area contributed by atoms with Crippen molar-refractivity contribution in [3.8, 4) is 5.75 Å². The fourth-order valence-electron chi connectivity index (χ4n) is 1.57. The fraction of sp³-hybridized carbons (Fsp3) is 0.385. The highest BCUT2D eigenvalue weighted by Gasteiger charge is 2.22. The largest absolute Gasteiger partial charge is 0.506 e. The van der Waals surface area contributed by atoms with Gasteiger partial charge >= 0.3 is 0 Å². The first-order valence-electron chi connectivity index (χ1n) is 6.12. The molecule has 6 heteroatoms. The van der Waals surface area contributed by atoms with Gasteiger partial charge in [0.05, 0.1) is 5.02 Å². The van der Waals surface area contributed by atoms with Crippen LogP contribution < -0.4 is 10.6 Å². The molecule has 1 aliphatic carbocycles. The summed E-state index contributed by atoms with van der Waals surface area (Å²) in [6, 6.07) is 4.55. The maximum absolute atomic E-state index is 11.7. The molecule has 0 bridgehead atoms. The minimum atomic E-state index is -0.318. The number of rotatable bonds is 5. The highest BCUT2D eigenvalue weighted by Crippen LogP contribution is 2.23. The van der Waals surface area contributed by atoms with Gasteiger partial charge in [-0.25, -0.2) is 0 Å². The van der Waals surface area contributed by atoms with Crippen LogP contribution in [0.2, 0.25) is 5.02 Å². The Hall–Kier alpha value is -1.75. The Bertz CT molecular complexity index is 501. The van der Waals surface area contributed by atoms with Crippen molar-refractivity contribution >= 4 is 23.4 Å². The molecular formula is C13H15ClN2O3. The van der Waals surface area contributed by atoms with Gasteiger partial charge in [-0.3, -0.25) is 9.59 Å². The zero-order valence-corrected chi connectivity index (χ0v) is 11.0. The normalized spacial score (nSPS) is 13.9. The number of carbonyl (C=O) groups is 2. The summed E-state index contributed by atoms with van der Waals surface area (Å²) in [5, 5.41) is 14.8. The van der Waals surface area contributed by atoms with Crippen molar-refractivity contribution in [1.29, 1.82) is 0 Å². The summed E-state index contributed by atoms with van der Waals surface area (Å²) in [7, 11) is 0. The van der Waals surface area contributed by atoms with Crippen LogP contribution in [0.4, 0.5) is 0 Å². The van der Waals surface area contributed by atoms with E-state index in [0.717, 1.165) is 12.8 Å². The fourth-order valence-corrected chi connectivity index (χ4v) is 1.75. The van der Waals surface area contributed by atoms with Gasteiger partial charge in [0.1, 0.15) is 5.75 Å². The second kappa shape index (κ2) is 5.93. The molecule has 1 aliphatic rings. The van der Waals surface area contributed by atoms with E-state index in [2.05, 4.69) is 10.6 Å². The molecule has 1 saturated carbocycles. The van der Waals surface area contributed by atoms with Gasteiger partial charge in [0.15, 0.2) is 0 Å². The molecule has 102 valence electrons. The molecule has 19 heavy (non-hydrogen) atoms. The van der Waals surface area contributed by atoms with E-state index in [1.54, 1.807) is 0 Å². The van der Waals surface area contributed by atoms with E-state index in [4.69, 9.17) is 11.6 Å². The molecule has 3 N–H and O–H groups in total. The predicted octanol–water partition coefficient (Wildman–Crippen LogP) is 1.44. The van der Waals surface area contributed by atoms with E-state index in [1.165, 1.54) is 18.2 Å². The number of nitrogens with one attached hydrogen (secondary N) is 2. The number of carbonyl (C=O) groups excluding carboxylic acids is 2. The Kier molecular flexibility index (Phi) is 4.27. The molecule has 0 aliphatic heterocycles. The number of aromatic hydroxyl groups is 1. The lowest BCUT2D eigenvalue weighted by atomic mass is 10.2. The number of hydrogen-bond acceptors (Lipinski definition) is 3. The molecule has 2 rings (SSSR count). The van der Waals surface area contributed by atoms with Crippen LogP contribution in [-0.2, 0) is 4.79 Å². The summed E-state index contributed by atoms with van der Waals surface area (Å²) >= 11 is 5.71. The van der Waals surface area contributed by atoms with Crippen LogP contribution in [0.3, 0.4) is 0 Å². The Morgan fingerprint density at radius 1 is 1.37 bits per heavy atom. The average molecular weight is 283 g/mol. The van der Waals surface area contributed by atoms with Gasteiger partial charge in [-0.2, -0.15) is 0 Å². The summed E-state index contributed by atoms with van der Waals surface area (Å²) in [6.45, 7) is 0.274. The van der Waals surface area contributed by atoms with Crippen molar-refractivity contribution < 1.29 is 14.7 Å². The highest BCUT2D eigenvalue weighted by molar-refractivity contribution is 6.32. The second-order valence-electron chi connectivity index (χ2n) is 4.51. The molecule has 0 saturated heterocycles. The molecule has 0 atom stereocenters. The Balaban J connectivity index is 1.76. The molecule has 1 fully saturated rings. The number of benzene rings is 1. The van der Waals surface area contributed by atoms with Crippen LogP contribution in [0.5, 0.6) is 5.75 Å². The molecule has 0 aromatic heterocycles. The maximum atomic E-state index is 11.7. The van der Waals surface area contributed by atoms with Crippen molar-refractivity contribution in [2.75, 3.05) is 6.54 Å². The molecule has 0 unspecified atom stereocenters. The summed E-state index contributed by atoms with van der Waals surface area (Å²) in [4.78, 5) is 23.1. The minimum Gasteiger partial charge on any atom is -0.506 e. The molecule has 0 spiro atoms. The van der Waals surface area contributed by atoms with Gasteiger partial charge in [-0.1, -0.05) is 11.6 Å². The molecular weight excluding hydrogens is 268 g/mol. The lowest BCUT2D eigenvalue weighted by Gasteiger charge is -2.06. The number of amides is 2. The van der Waals surface area contributed by atoms with Crippen molar-refractivity contribution in [3.05, 3.63) is 28.8 Å². The maximum Gasteiger partial charge on any atom is 0.251 e. The lowest BCUT2D eigenvalue weighted by molar-refractivity contribution is -0.121. The third-order valence-electron chi connectivity index (χ3n) is 2.79. The van der Waals surface area contributed by atoms with Crippen LogP contribution in [-0.4, -0.2) is 29.5 Å². The zero-order valence-electron chi connectivity index (χ0n) is 10.3. The minimum absolute atomic E-state index is 0.0495. The van der Waals surface area contributed by atoms with E-state index in [-0.39, 0.29) is 35.6 Å². The highest BCUT2D eigenvalue weighted by atomic mass is 35.5. The zero-order chi connectivity index (χ0) is 13.8. The predicted molar refractivity (Wildman–Crippen MR) is 71.2 cm³/mol. The standard InChI is InChI=1S/C13H15ClN2O3/c14-10-7-8(1-4-11(10)17)13(19)15-6-5-12(18)16-9-2-3-9/h1,4,7,9,17H,2-3,5-6H2,(H,15,19)(H,16,18). The van der Waals surface area contributed by atoms with Crippen LogP contribution in [0.15, 0.2) is 18.2 Å².